The van der Waals surface area contributed by atoms with E-state index in [0.29, 0.717) is 12.1 Å². The van der Waals surface area contributed by atoms with Gasteiger partial charge < -0.3 is 41.8 Å². The second-order valence-electron chi connectivity index (χ2n) is 10.2. The highest BCUT2D eigenvalue weighted by Crippen LogP contribution is 2.27. The molecule has 0 saturated carbocycles. The average molecular weight is 680 g/mol. The van der Waals surface area contributed by atoms with Crippen molar-refractivity contribution in [3.05, 3.63) is 65.2 Å². The SMILES string of the molecule is C=CCNC(=O)O[C@@H]1[C@H](NC(=S)Nc2ccc(C)cc2Br)C=C(C(=O)N[C@H](CC(C)C)C(N)=O)C[C@H]1OC(=O)NCC=C. The minimum absolute atomic E-state index is 0.0774. The van der Waals surface area contributed by atoms with Crippen LogP contribution in [0.25, 0.3) is 0 Å². The number of rotatable bonds is 13. The topological polar surface area (TPSA) is 173 Å². The number of ether oxygens (including phenoxy) is 2. The van der Waals surface area contributed by atoms with Crippen LogP contribution in [0.4, 0.5) is 15.3 Å². The lowest BCUT2D eigenvalue weighted by Gasteiger charge is -2.36. The maximum atomic E-state index is 13.4. The van der Waals surface area contributed by atoms with Gasteiger partial charge in [0.1, 0.15) is 12.1 Å². The molecule has 0 aromatic heterocycles. The van der Waals surface area contributed by atoms with Crippen LogP contribution in [0.3, 0.4) is 0 Å². The number of thiocarbonyl (C=S) groups is 1. The molecule has 7 N–H and O–H groups in total. The largest absolute Gasteiger partial charge is 0.442 e. The molecule has 0 heterocycles. The van der Waals surface area contributed by atoms with E-state index in [0.717, 1.165) is 10.0 Å². The van der Waals surface area contributed by atoms with E-state index in [1.807, 2.05) is 39.0 Å². The molecule has 1 aliphatic rings. The summed E-state index contributed by atoms with van der Waals surface area (Å²) in [4.78, 5) is 50.6. The normalized spacial score (nSPS) is 18.3. The number of anilines is 1. The summed E-state index contributed by atoms with van der Waals surface area (Å²) in [6, 6.07) is 3.76. The number of aryl methyl sites for hydroxylation is 1. The van der Waals surface area contributed by atoms with Gasteiger partial charge in [0.05, 0.1) is 11.7 Å². The Bertz CT molecular complexity index is 1260. The first-order valence-corrected chi connectivity index (χ1v) is 14.8. The summed E-state index contributed by atoms with van der Waals surface area (Å²) in [5, 5.41) is 14.0. The average Bonchev–Trinajstić information content (AvgIpc) is 2.93. The molecule has 2 rings (SSSR count). The van der Waals surface area contributed by atoms with Crippen LogP contribution < -0.4 is 32.3 Å². The maximum absolute atomic E-state index is 13.4. The molecule has 12 nitrogen and oxygen atoms in total. The molecule has 0 unspecified atom stereocenters. The molecule has 43 heavy (non-hydrogen) atoms. The van der Waals surface area contributed by atoms with E-state index in [1.54, 1.807) is 0 Å². The number of carbonyl (C=O) groups is 4. The standard InChI is InChI=1S/C29H39BrN6O6S/c1-6-10-32-28(39)41-23-15-18(26(38)34-22(25(31)37)12-16(3)4)14-21(24(23)42-29(40)33-11-7-2)36-27(43)35-20-9-8-17(5)13-19(20)30/h6-9,13-14,16,21-24H,1-2,10-12,15H2,3-5H3,(H2,31,37)(H,32,39)(H,33,40)(H,34,38)(H2,35,36,43)/t21-,22-,23-,24-/m1/s1. The Morgan fingerprint density at radius 3 is 2.30 bits per heavy atom. The second-order valence-corrected chi connectivity index (χ2v) is 11.5. The van der Waals surface area contributed by atoms with Gasteiger partial charge in [-0.2, -0.15) is 0 Å². The van der Waals surface area contributed by atoms with Gasteiger partial charge in [-0.1, -0.05) is 32.1 Å². The van der Waals surface area contributed by atoms with E-state index in [-0.39, 0.29) is 36.1 Å². The Labute approximate surface area is 265 Å². The number of primary amides is 1. The van der Waals surface area contributed by atoms with Crippen molar-refractivity contribution in [2.24, 2.45) is 11.7 Å². The molecule has 1 aromatic carbocycles. The van der Waals surface area contributed by atoms with Gasteiger partial charge in [-0.05, 0) is 71.2 Å². The van der Waals surface area contributed by atoms with Crippen molar-refractivity contribution in [1.82, 2.24) is 21.3 Å². The number of benzene rings is 1. The van der Waals surface area contributed by atoms with Gasteiger partial charge in [0.2, 0.25) is 11.8 Å². The number of hydrogen-bond acceptors (Lipinski definition) is 7. The Morgan fingerprint density at radius 1 is 1.12 bits per heavy atom. The fraction of sp³-hybridized carbons (Fsp3) is 0.414. The van der Waals surface area contributed by atoms with Crippen LogP contribution in [0, 0.1) is 12.8 Å². The molecule has 0 spiro atoms. The number of carbonyl (C=O) groups excluding carboxylic acids is 4. The number of nitrogens with two attached hydrogens (primary N) is 1. The third kappa shape index (κ3) is 11.7. The van der Waals surface area contributed by atoms with Crippen LogP contribution in [0.1, 0.15) is 32.3 Å². The van der Waals surface area contributed by atoms with Crippen molar-refractivity contribution in [3.8, 4) is 0 Å². The van der Waals surface area contributed by atoms with E-state index in [4.69, 9.17) is 27.4 Å². The van der Waals surface area contributed by atoms with Gasteiger partial charge >= 0.3 is 12.2 Å². The van der Waals surface area contributed by atoms with Gasteiger partial charge in [0.15, 0.2) is 11.2 Å². The lowest BCUT2D eigenvalue weighted by atomic mass is 9.89. The zero-order valence-corrected chi connectivity index (χ0v) is 26.8. The number of hydrogen-bond donors (Lipinski definition) is 6. The molecule has 234 valence electrons. The van der Waals surface area contributed by atoms with Crippen molar-refractivity contribution in [2.45, 2.75) is 57.9 Å². The van der Waals surface area contributed by atoms with Crippen molar-refractivity contribution >= 4 is 62.9 Å². The predicted molar refractivity (Wildman–Crippen MR) is 172 cm³/mol. The highest BCUT2D eigenvalue weighted by Gasteiger charge is 2.41. The first-order chi connectivity index (χ1) is 20.3. The molecule has 0 bridgehead atoms. The van der Waals surface area contributed by atoms with Crippen molar-refractivity contribution in [1.29, 1.82) is 0 Å². The van der Waals surface area contributed by atoms with Crippen molar-refractivity contribution < 1.29 is 28.7 Å². The Hall–Kier alpha value is -3.91. The number of halogens is 1. The minimum atomic E-state index is -1.13. The Balaban J connectivity index is 2.45. The summed E-state index contributed by atoms with van der Waals surface area (Å²) in [5.41, 5.74) is 7.40. The maximum Gasteiger partial charge on any atom is 0.407 e. The quantitative estimate of drug-likeness (QED) is 0.135. The highest BCUT2D eigenvalue weighted by molar-refractivity contribution is 9.10. The molecule has 4 amide bonds. The molecule has 14 heteroatoms. The van der Waals surface area contributed by atoms with E-state index in [2.05, 4.69) is 55.7 Å². The second kappa shape index (κ2) is 17.3. The van der Waals surface area contributed by atoms with Gasteiger partial charge in [0, 0.05) is 29.6 Å². The summed E-state index contributed by atoms with van der Waals surface area (Å²) in [6.45, 7) is 13.1. The minimum Gasteiger partial charge on any atom is -0.442 e. The summed E-state index contributed by atoms with van der Waals surface area (Å²) in [6.07, 6.45) is 0.779. The van der Waals surface area contributed by atoms with Crippen molar-refractivity contribution in [3.63, 3.8) is 0 Å². The van der Waals surface area contributed by atoms with Gasteiger partial charge in [-0.15, -0.1) is 13.2 Å². The fourth-order valence-electron chi connectivity index (χ4n) is 4.15. The fourth-order valence-corrected chi connectivity index (χ4v) is 4.99. The molecule has 0 aliphatic heterocycles. The number of amides is 4. The molecular weight excluding hydrogens is 640 g/mol. The predicted octanol–water partition coefficient (Wildman–Crippen LogP) is 3.32. The zero-order valence-electron chi connectivity index (χ0n) is 24.4. The van der Waals surface area contributed by atoms with Crippen LogP contribution in [0.5, 0.6) is 0 Å². The van der Waals surface area contributed by atoms with Crippen LogP contribution >= 0.6 is 28.1 Å². The van der Waals surface area contributed by atoms with Crippen LogP contribution in [-0.4, -0.2) is 66.5 Å². The number of alkyl carbamates (subject to hydrolysis) is 2. The Morgan fingerprint density at radius 2 is 1.74 bits per heavy atom. The zero-order chi connectivity index (χ0) is 32.1. The molecule has 1 aliphatic carbocycles. The molecular formula is C29H39BrN6O6S. The molecule has 4 atom stereocenters. The monoisotopic (exact) mass is 678 g/mol. The lowest BCUT2D eigenvalue weighted by molar-refractivity contribution is -0.126. The summed E-state index contributed by atoms with van der Waals surface area (Å²) in [7, 11) is 0. The molecule has 0 fully saturated rings. The number of nitrogens with one attached hydrogen (secondary N) is 5. The first kappa shape index (κ1) is 35.3. The van der Waals surface area contributed by atoms with Crippen LogP contribution in [-0.2, 0) is 19.1 Å². The smallest absolute Gasteiger partial charge is 0.407 e. The summed E-state index contributed by atoms with van der Waals surface area (Å²) in [5.74, 6) is -1.20. The molecule has 0 saturated heterocycles. The van der Waals surface area contributed by atoms with Gasteiger partial charge in [-0.25, -0.2) is 9.59 Å². The third-order valence-electron chi connectivity index (χ3n) is 6.12. The van der Waals surface area contributed by atoms with Crippen LogP contribution in [0.15, 0.2) is 59.6 Å². The summed E-state index contributed by atoms with van der Waals surface area (Å²) < 4.78 is 12.1. The first-order valence-electron chi connectivity index (χ1n) is 13.6. The van der Waals surface area contributed by atoms with Crippen molar-refractivity contribution in [2.75, 3.05) is 18.4 Å². The van der Waals surface area contributed by atoms with E-state index in [9.17, 15) is 19.2 Å². The van der Waals surface area contributed by atoms with E-state index >= 15 is 0 Å². The van der Waals surface area contributed by atoms with E-state index < -0.39 is 48.3 Å². The lowest BCUT2D eigenvalue weighted by Crippen LogP contribution is -2.56. The Kier molecular flexibility index (Phi) is 14.2. The molecule has 0 radical (unpaired) electrons. The van der Waals surface area contributed by atoms with Crippen LogP contribution in [0.2, 0.25) is 0 Å². The van der Waals surface area contributed by atoms with Gasteiger partial charge in [-0.3, -0.25) is 9.59 Å². The molecule has 1 aromatic rings. The third-order valence-corrected chi connectivity index (χ3v) is 7.00. The van der Waals surface area contributed by atoms with E-state index in [1.165, 1.54) is 18.2 Å². The van der Waals surface area contributed by atoms with Gasteiger partial charge in [0.25, 0.3) is 0 Å². The summed E-state index contributed by atoms with van der Waals surface area (Å²) >= 11 is 9.05. The highest BCUT2D eigenvalue weighted by atomic mass is 79.9.